The van der Waals surface area contributed by atoms with Crippen LogP contribution in [0.3, 0.4) is 0 Å². The van der Waals surface area contributed by atoms with Crippen molar-refractivity contribution in [2.45, 2.75) is 4.87 Å². The minimum atomic E-state index is -0.596. The Kier molecular flexibility index (Phi) is 2.10. The molecule has 1 heterocycles. The van der Waals surface area contributed by atoms with Gasteiger partial charge in [0.15, 0.2) is 11.2 Å². The van der Waals surface area contributed by atoms with Crippen molar-refractivity contribution in [3.05, 3.63) is 47.5 Å². The van der Waals surface area contributed by atoms with Crippen LogP contribution in [0.15, 0.2) is 41.9 Å². The van der Waals surface area contributed by atoms with Gasteiger partial charge in [0.2, 0.25) is 0 Å². The van der Waals surface area contributed by atoms with Crippen molar-refractivity contribution in [3.63, 3.8) is 0 Å². The van der Waals surface area contributed by atoms with Gasteiger partial charge in [0.25, 0.3) is 0 Å². The maximum absolute atomic E-state index is 11.0. The lowest BCUT2D eigenvalue weighted by molar-refractivity contribution is -0.110. The summed E-state index contributed by atoms with van der Waals surface area (Å²) in [6.45, 7) is 0. The molecule has 0 amide bonds. The molecule has 0 radical (unpaired) electrons. The zero-order valence-electron chi connectivity index (χ0n) is 6.94. The van der Waals surface area contributed by atoms with Gasteiger partial charge in [-0.15, -0.1) is 0 Å². The van der Waals surface area contributed by atoms with E-state index in [-0.39, 0.29) is 0 Å². The molecule has 2 nitrogen and oxygen atoms in total. The van der Waals surface area contributed by atoms with Crippen LogP contribution < -0.4 is 5.32 Å². The molecule has 0 spiro atoms. The van der Waals surface area contributed by atoms with Crippen molar-refractivity contribution in [1.29, 1.82) is 0 Å². The van der Waals surface area contributed by atoms with Crippen LogP contribution in [0.25, 0.3) is 0 Å². The third-order valence-corrected chi connectivity index (χ3v) is 3.08. The second-order valence-electron chi connectivity index (χ2n) is 2.78. The number of nitrogens with one attached hydrogen (secondary N) is 1. The largest absolute Gasteiger partial charge is 0.367 e. The Balaban J connectivity index is 2.38. The molecular formula is C10H9NOS. The number of carbonyl (C=O) groups is 1. The monoisotopic (exact) mass is 191 g/mol. The molecule has 0 saturated heterocycles. The van der Waals surface area contributed by atoms with Gasteiger partial charge in [0.1, 0.15) is 0 Å². The zero-order chi connectivity index (χ0) is 9.15. The number of hydrogen-bond acceptors (Lipinski definition) is 3. The summed E-state index contributed by atoms with van der Waals surface area (Å²) in [6.07, 6.45) is 2.74. The quantitative estimate of drug-likeness (QED) is 0.723. The van der Waals surface area contributed by atoms with E-state index < -0.39 is 4.87 Å². The van der Waals surface area contributed by atoms with Gasteiger partial charge < -0.3 is 5.32 Å². The molecule has 1 aromatic carbocycles. The Hall–Kier alpha value is -1.22. The van der Waals surface area contributed by atoms with Gasteiger partial charge in [0, 0.05) is 6.20 Å². The molecule has 1 aliphatic rings. The summed E-state index contributed by atoms with van der Waals surface area (Å²) in [5, 5.41) is 4.94. The number of thioether (sulfide) groups is 1. The molecular weight excluding hydrogens is 182 g/mol. The SMILES string of the molecule is O=CC1(c2ccccc2)NC=CS1. The van der Waals surface area contributed by atoms with E-state index in [9.17, 15) is 4.79 Å². The number of hydrogen-bond donors (Lipinski definition) is 1. The third kappa shape index (κ3) is 1.35. The lowest BCUT2D eigenvalue weighted by atomic mass is 10.1. The predicted molar refractivity (Wildman–Crippen MR) is 54.1 cm³/mol. The smallest absolute Gasteiger partial charge is 0.169 e. The van der Waals surface area contributed by atoms with Crippen LogP contribution in [0, 0.1) is 0 Å². The van der Waals surface area contributed by atoms with Crippen LogP contribution in [-0.2, 0) is 9.67 Å². The maximum atomic E-state index is 11.0. The molecule has 1 aliphatic heterocycles. The molecule has 13 heavy (non-hydrogen) atoms. The first-order chi connectivity index (χ1) is 6.37. The first kappa shape index (κ1) is 8.38. The van der Waals surface area contributed by atoms with Crippen LogP contribution in [0.5, 0.6) is 0 Å². The van der Waals surface area contributed by atoms with Gasteiger partial charge >= 0.3 is 0 Å². The Labute approximate surface area is 81.0 Å². The fraction of sp³-hybridized carbons (Fsp3) is 0.100. The van der Waals surface area contributed by atoms with Crippen LogP contribution in [0.2, 0.25) is 0 Å². The number of carbonyl (C=O) groups excluding carboxylic acids is 1. The summed E-state index contributed by atoms with van der Waals surface area (Å²) >= 11 is 1.48. The normalized spacial score (nSPS) is 25.5. The fourth-order valence-electron chi connectivity index (χ4n) is 1.30. The van der Waals surface area contributed by atoms with Gasteiger partial charge in [-0.05, 0) is 11.0 Å². The average molecular weight is 191 g/mol. The first-order valence-electron chi connectivity index (χ1n) is 4.00. The Bertz CT molecular complexity index is 326. The van der Waals surface area contributed by atoms with E-state index in [1.807, 2.05) is 35.7 Å². The predicted octanol–water partition coefficient (Wildman–Crippen LogP) is 1.85. The summed E-state index contributed by atoms with van der Waals surface area (Å²) < 4.78 is 0. The minimum Gasteiger partial charge on any atom is -0.367 e. The first-order valence-corrected chi connectivity index (χ1v) is 4.88. The molecule has 3 heteroatoms. The van der Waals surface area contributed by atoms with E-state index in [1.54, 1.807) is 6.20 Å². The van der Waals surface area contributed by atoms with Gasteiger partial charge in [-0.25, -0.2) is 0 Å². The second-order valence-corrected chi connectivity index (χ2v) is 3.94. The molecule has 0 fully saturated rings. The molecule has 66 valence electrons. The van der Waals surface area contributed by atoms with Crippen molar-refractivity contribution in [3.8, 4) is 0 Å². The molecule has 2 rings (SSSR count). The third-order valence-electron chi connectivity index (χ3n) is 1.99. The second kappa shape index (κ2) is 3.26. The zero-order valence-corrected chi connectivity index (χ0v) is 7.75. The topological polar surface area (TPSA) is 29.1 Å². The molecule has 1 N–H and O–H groups in total. The maximum Gasteiger partial charge on any atom is 0.169 e. The van der Waals surface area contributed by atoms with E-state index in [1.165, 1.54) is 11.8 Å². The summed E-state index contributed by atoms with van der Waals surface area (Å²) in [5.74, 6) is 0. The van der Waals surface area contributed by atoms with Gasteiger partial charge in [0.05, 0.1) is 0 Å². The highest BCUT2D eigenvalue weighted by molar-refractivity contribution is 8.03. The van der Waals surface area contributed by atoms with E-state index in [0.29, 0.717) is 0 Å². The van der Waals surface area contributed by atoms with Crippen molar-refractivity contribution >= 4 is 18.0 Å². The van der Waals surface area contributed by atoms with Crippen molar-refractivity contribution in [2.75, 3.05) is 0 Å². The number of benzene rings is 1. The molecule has 1 aromatic rings. The van der Waals surface area contributed by atoms with Crippen LogP contribution >= 0.6 is 11.8 Å². The lowest BCUT2D eigenvalue weighted by Gasteiger charge is -2.22. The van der Waals surface area contributed by atoms with Crippen LogP contribution in [0.4, 0.5) is 0 Å². The van der Waals surface area contributed by atoms with Gasteiger partial charge in [-0.2, -0.15) is 0 Å². The molecule has 0 bridgehead atoms. The van der Waals surface area contributed by atoms with Gasteiger partial charge in [-0.3, -0.25) is 4.79 Å². The van der Waals surface area contributed by atoms with Gasteiger partial charge in [-0.1, -0.05) is 42.1 Å². The van der Waals surface area contributed by atoms with E-state index in [4.69, 9.17) is 0 Å². The fourth-order valence-corrected chi connectivity index (χ4v) is 2.11. The number of aldehydes is 1. The minimum absolute atomic E-state index is 0.596. The molecule has 1 atom stereocenters. The van der Waals surface area contributed by atoms with Crippen molar-refractivity contribution in [2.24, 2.45) is 0 Å². The number of rotatable bonds is 2. The Morgan fingerprint density at radius 1 is 1.31 bits per heavy atom. The highest BCUT2D eigenvalue weighted by Gasteiger charge is 2.33. The highest BCUT2D eigenvalue weighted by atomic mass is 32.2. The van der Waals surface area contributed by atoms with Crippen LogP contribution in [0.1, 0.15) is 5.56 Å². The van der Waals surface area contributed by atoms with Crippen molar-refractivity contribution in [1.82, 2.24) is 5.32 Å². The van der Waals surface area contributed by atoms with Crippen LogP contribution in [-0.4, -0.2) is 6.29 Å². The Morgan fingerprint density at radius 3 is 2.62 bits per heavy atom. The Morgan fingerprint density at radius 2 is 2.08 bits per heavy atom. The molecule has 0 saturated carbocycles. The summed E-state index contributed by atoms with van der Waals surface area (Å²) in [5.41, 5.74) is 0.986. The summed E-state index contributed by atoms with van der Waals surface area (Å²) in [7, 11) is 0. The summed E-state index contributed by atoms with van der Waals surface area (Å²) in [6, 6.07) is 9.69. The standard InChI is InChI=1S/C10H9NOS/c12-8-10(11-6-7-13-10)9-4-2-1-3-5-9/h1-8,11H. The lowest BCUT2D eigenvalue weighted by Crippen LogP contribution is -2.34. The average Bonchev–Trinajstić information content (AvgIpc) is 2.69. The van der Waals surface area contributed by atoms with E-state index >= 15 is 0 Å². The highest BCUT2D eigenvalue weighted by Crippen LogP contribution is 2.36. The van der Waals surface area contributed by atoms with E-state index in [2.05, 4.69) is 5.32 Å². The van der Waals surface area contributed by atoms with Crippen molar-refractivity contribution < 1.29 is 4.79 Å². The van der Waals surface area contributed by atoms with E-state index in [0.717, 1.165) is 11.8 Å². The summed E-state index contributed by atoms with van der Waals surface area (Å²) in [4.78, 5) is 10.4. The molecule has 0 aliphatic carbocycles. The molecule has 0 aromatic heterocycles. The molecule has 1 unspecified atom stereocenters.